The van der Waals surface area contributed by atoms with E-state index >= 15 is 0 Å². The zero-order valence-corrected chi connectivity index (χ0v) is 20.8. The van der Waals surface area contributed by atoms with Crippen LogP contribution in [0.4, 0.5) is 11.4 Å². The summed E-state index contributed by atoms with van der Waals surface area (Å²) >= 11 is 0. The van der Waals surface area contributed by atoms with Gasteiger partial charge in [-0.05, 0) is 57.1 Å². The summed E-state index contributed by atoms with van der Waals surface area (Å²) in [6.07, 6.45) is 0.396. The molecule has 8 heteroatoms. The predicted octanol–water partition coefficient (Wildman–Crippen LogP) is 5.17. The third-order valence-electron chi connectivity index (χ3n) is 4.92. The van der Waals surface area contributed by atoms with Crippen LogP contribution in [0.1, 0.15) is 79.1 Å². The van der Waals surface area contributed by atoms with Crippen molar-refractivity contribution >= 4 is 23.3 Å². The highest BCUT2D eigenvalue weighted by Crippen LogP contribution is 2.29. The number of nitrogens with one attached hydrogen (secondary N) is 2. The number of esters is 1. The Morgan fingerprint density at radius 3 is 2.06 bits per heavy atom. The Balaban J connectivity index is 3.17. The van der Waals surface area contributed by atoms with Gasteiger partial charge in [0, 0.05) is 17.7 Å². The van der Waals surface area contributed by atoms with Crippen LogP contribution in [0.15, 0.2) is 18.2 Å². The predicted molar refractivity (Wildman–Crippen MR) is 127 cm³/mol. The second-order valence-corrected chi connectivity index (χ2v) is 10.3. The number of hydrogen-bond acceptors (Lipinski definition) is 6. The van der Waals surface area contributed by atoms with Crippen molar-refractivity contribution in [2.75, 3.05) is 5.32 Å². The topological polar surface area (TPSA) is 111 Å². The third-order valence-corrected chi connectivity index (χ3v) is 4.92. The molecule has 1 rings (SSSR count). The number of nitrogens with zero attached hydrogens (tertiary/aromatic N) is 1. The van der Waals surface area contributed by atoms with Crippen LogP contribution in [-0.2, 0) is 9.53 Å². The summed E-state index contributed by atoms with van der Waals surface area (Å²) in [5.74, 6) is -0.409. The molecule has 0 radical (unpaired) electrons. The number of ether oxygens (including phenoxy) is 1. The number of rotatable bonds is 10. The average molecular weight is 450 g/mol. The van der Waals surface area contributed by atoms with Crippen molar-refractivity contribution in [3.05, 3.63) is 33.9 Å². The molecule has 0 heterocycles. The Bertz CT molecular complexity index is 804. The number of nitro benzene ring substituents is 1. The normalized spacial score (nSPS) is 12.9. The molecule has 1 amide bonds. The molecule has 0 aliphatic rings. The fourth-order valence-corrected chi connectivity index (χ4v) is 3.53. The molecule has 32 heavy (non-hydrogen) atoms. The van der Waals surface area contributed by atoms with Gasteiger partial charge >= 0.3 is 5.97 Å². The second-order valence-electron chi connectivity index (χ2n) is 10.3. The standard InChI is InChI=1S/C24H39N3O5/c1-14(2)12-19(23(29)32-24(7,8)9)26-22(28)17-10-11-18(20(13-17)27(30)31)25-21(15(3)4)16(5)6/h10-11,13-16,19,21,25H,12H2,1-9H3,(H,26,28)/t19-/m0/s1. The van der Waals surface area contributed by atoms with Gasteiger partial charge in [0.2, 0.25) is 0 Å². The number of hydrogen-bond donors (Lipinski definition) is 2. The van der Waals surface area contributed by atoms with Crippen LogP contribution in [0, 0.1) is 27.9 Å². The summed E-state index contributed by atoms with van der Waals surface area (Å²) in [5.41, 5.74) is -0.386. The van der Waals surface area contributed by atoms with Gasteiger partial charge in [-0.2, -0.15) is 0 Å². The molecule has 0 aromatic heterocycles. The second kappa shape index (κ2) is 11.3. The van der Waals surface area contributed by atoms with Crippen molar-refractivity contribution in [3.63, 3.8) is 0 Å². The maximum absolute atomic E-state index is 12.9. The molecule has 0 unspecified atom stereocenters. The lowest BCUT2D eigenvalue weighted by Gasteiger charge is -2.27. The molecule has 8 nitrogen and oxygen atoms in total. The first-order valence-corrected chi connectivity index (χ1v) is 11.2. The summed E-state index contributed by atoms with van der Waals surface area (Å²) in [6.45, 7) is 17.4. The number of carbonyl (C=O) groups excluding carboxylic acids is 2. The van der Waals surface area contributed by atoms with E-state index in [0.717, 1.165) is 0 Å². The van der Waals surface area contributed by atoms with Gasteiger partial charge in [-0.1, -0.05) is 41.5 Å². The first kappa shape index (κ1) is 27.4. The minimum Gasteiger partial charge on any atom is -0.458 e. The molecule has 1 aromatic rings. The van der Waals surface area contributed by atoms with Gasteiger partial charge in [-0.25, -0.2) is 4.79 Å². The van der Waals surface area contributed by atoms with Crippen LogP contribution in [0.3, 0.4) is 0 Å². The van der Waals surface area contributed by atoms with Gasteiger partial charge in [0.25, 0.3) is 11.6 Å². The van der Waals surface area contributed by atoms with Gasteiger partial charge in [-0.3, -0.25) is 14.9 Å². The highest BCUT2D eigenvalue weighted by molar-refractivity contribution is 5.98. The lowest BCUT2D eigenvalue weighted by molar-refractivity contribution is -0.384. The summed E-state index contributed by atoms with van der Waals surface area (Å²) in [6, 6.07) is 3.53. The quantitative estimate of drug-likeness (QED) is 0.289. The molecule has 1 aromatic carbocycles. The van der Waals surface area contributed by atoms with E-state index in [9.17, 15) is 19.7 Å². The SMILES string of the molecule is CC(C)C[C@H](NC(=O)c1ccc(NC(C(C)C)C(C)C)c([N+](=O)[O-])c1)C(=O)OC(C)(C)C. The van der Waals surface area contributed by atoms with Crippen molar-refractivity contribution in [2.24, 2.45) is 17.8 Å². The monoisotopic (exact) mass is 449 g/mol. The van der Waals surface area contributed by atoms with Crippen LogP contribution in [-0.4, -0.2) is 34.5 Å². The summed E-state index contributed by atoms with van der Waals surface area (Å²) in [5, 5.41) is 17.7. The van der Waals surface area contributed by atoms with Gasteiger partial charge in [0.05, 0.1) is 4.92 Å². The van der Waals surface area contributed by atoms with Gasteiger partial charge in [-0.15, -0.1) is 0 Å². The van der Waals surface area contributed by atoms with Crippen molar-refractivity contribution in [2.45, 2.75) is 86.4 Å². The molecule has 0 saturated heterocycles. The van der Waals surface area contributed by atoms with Gasteiger partial charge in [0.1, 0.15) is 17.3 Å². The zero-order valence-electron chi connectivity index (χ0n) is 20.8. The molecule has 0 aliphatic carbocycles. The van der Waals surface area contributed by atoms with Gasteiger partial charge in [0.15, 0.2) is 0 Å². The van der Waals surface area contributed by atoms with Crippen LogP contribution >= 0.6 is 0 Å². The summed E-state index contributed by atoms with van der Waals surface area (Å²) in [7, 11) is 0. The number of anilines is 1. The fraction of sp³-hybridized carbons (Fsp3) is 0.667. The first-order chi connectivity index (χ1) is 14.6. The number of nitro groups is 1. The zero-order chi connectivity index (χ0) is 24.8. The lowest BCUT2D eigenvalue weighted by Crippen LogP contribution is -2.45. The Kier molecular flexibility index (Phi) is 9.67. The lowest BCUT2D eigenvalue weighted by atomic mass is 9.93. The van der Waals surface area contributed by atoms with E-state index in [1.54, 1.807) is 26.8 Å². The summed E-state index contributed by atoms with van der Waals surface area (Å²) < 4.78 is 5.44. The first-order valence-electron chi connectivity index (χ1n) is 11.2. The molecule has 2 N–H and O–H groups in total. The third kappa shape index (κ3) is 8.48. The van der Waals surface area contributed by atoms with Gasteiger partial charge < -0.3 is 15.4 Å². The smallest absolute Gasteiger partial charge is 0.329 e. The molecule has 0 aliphatic heterocycles. The van der Waals surface area contributed by atoms with E-state index in [1.165, 1.54) is 12.1 Å². The van der Waals surface area contributed by atoms with Crippen molar-refractivity contribution in [1.82, 2.24) is 5.32 Å². The molecule has 1 atom stereocenters. The van der Waals surface area contributed by atoms with Crippen molar-refractivity contribution < 1.29 is 19.2 Å². The minimum atomic E-state index is -0.843. The van der Waals surface area contributed by atoms with Crippen molar-refractivity contribution in [1.29, 1.82) is 0 Å². The van der Waals surface area contributed by atoms with Crippen LogP contribution in [0.2, 0.25) is 0 Å². The van der Waals surface area contributed by atoms with E-state index in [1.807, 2.05) is 13.8 Å². The minimum absolute atomic E-state index is 0.0379. The largest absolute Gasteiger partial charge is 0.458 e. The molecular weight excluding hydrogens is 410 g/mol. The van der Waals surface area contributed by atoms with E-state index in [4.69, 9.17) is 4.74 Å². The van der Waals surface area contributed by atoms with Crippen molar-refractivity contribution in [3.8, 4) is 0 Å². The van der Waals surface area contributed by atoms with E-state index in [-0.39, 0.29) is 35.0 Å². The number of amides is 1. The Morgan fingerprint density at radius 2 is 1.62 bits per heavy atom. The summed E-state index contributed by atoms with van der Waals surface area (Å²) in [4.78, 5) is 36.7. The maximum atomic E-state index is 12.9. The molecule has 180 valence electrons. The van der Waals surface area contributed by atoms with Crippen LogP contribution in [0.25, 0.3) is 0 Å². The highest BCUT2D eigenvalue weighted by atomic mass is 16.6. The fourth-order valence-electron chi connectivity index (χ4n) is 3.53. The molecule has 0 bridgehead atoms. The molecule has 0 spiro atoms. The molecule has 0 saturated carbocycles. The highest BCUT2D eigenvalue weighted by Gasteiger charge is 2.29. The average Bonchev–Trinajstić information content (AvgIpc) is 2.62. The van der Waals surface area contributed by atoms with E-state index in [0.29, 0.717) is 12.1 Å². The Labute approximate surface area is 191 Å². The number of benzene rings is 1. The van der Waals surface area contributed by atoms with Crippen LogP contribution < -0.4 is 10.6 Å². The Morgan fingerprint density at radius 1 is 1.06 bits per heavy atom. The van der Waals surface area contributed by atoms with Crippen LogP contribution in [0.5, 0.6) is 0 Å². The Hall–Kier alpha value is -2.64. The van der Waals surface area contributed by atoms with E-state index < -0.39 is 28.4 Å². The molecular formula is C24H39N3O5. The molecule has 0 fully saturated rings. The maximum Gasteiger partial charge on any atom is 0.329 e. The number of carbonyl (C=O) groups is 2. The van der Waals surface area contributed by atoms with E-state index in [2.05, 4.69) is 38.3 Å².